The molecule has 2 aromatic rings. The summed E-state index contributed by atoms with van der Waals surface area (Å²) in [5, 5.41) is 1.14. The van der Waals surface area contributed by atoms with Crippen molar-refractivity contribution in [3.05, 3.63) is 50.2 Å². The summed E-state index contributed by atoms with van der Waals surface area (Å²) in [6.07, 6.45) is 0.580. The van der Waals surface area contributed by atoms with Crippen LogP contribution in [0.4, 0.5) is 4.39 Å². The highest BCUT2D eigenvalue weighted by molar-refractivity contribution is 7.11. The number of nitrogens with two attached hydrogens (primary N) is 1. The van der Waals surface area contributed by atoms with Crippen LogP contribution in [0.1, 0.15) is 27.2 Å². The molecule has 2 rings (SSSR count). The van der Waals surface area contributed by atoms with Crippen molar-refractivity contribution >= 4 is 22.9 Å². The molecule has 0 fully saturated rings. The molecule has 0 aliphatic carbocycles. The number of hydrogen-bond donors (Lipinski definition) is 1. The first-order valence-corrected chi connectivity index (χ1v) is 6.80. The van der Waals surface area contributed by atoms with Gasteiger partial charge in [0.25, 0.3) is 0 Å². The van der Waals surface area contributed by atoms with Gasteiger partial charge >= 0.3 is 0 Å². The number of benzene rings is 1. The number of nitrogens with zero attached hydrogens (tertiary/aromatic N) is 1. The second-order valence-electron chi connectivity index (χ2n) is 4.24. The van der Waals surface area contributed by atoms with Gasteiger partial charge in [-0.15, -0.1) is 11.3 Å². The summed E-state index contributed by atoms with van der Waals surface area (Å²) in [6, 6.07) is 4.64. The summed E-state index contributed by atoms with van der Waals surface area (Å²) in [5.41, 5.74) is 7.94. The molecule has 1 unspecified atom stereocenters. The smallest absolute Gasteiger partial charge is 0.142 e. The molecule has 0 aliphatic rings. The molecule has 0 aliphatic heterocycles. The lowest BCUT2D eigenvalue weighted by molar-refractivity contribution is 0.622. The molecule has 1 atom stereocenters. The largest absolute Gasteiger partial charge is 0.323 e. The quantitative estimate of drug-likeness (QED) is 0.931. The number of halogens is 2. The Labute approximate surface area is 115 Å². The Morgan fingerprint density at radius 1 is 1.44 bits per heavy atom. The third-order valence-corrected chi connectivity index (χ3v) is 4.23. The summed E-state index contributed by atoms with van der Waals surface area (Å²) < 4.78 is 13.3. The van der Waals surface area contributed by atoms with E-state index in [4.69, 9.17) is 17.3 Å². The standard InChI is InChI=1S/C13H14ClFN2S/c1-7-13(18-8(2)17-7)12(16)6-9-3-4-10(14)11(15)5-9/h3-5,12H,6,16H2,1-2H3. The van der Waals surface area contributed by atoms with Crippen LogP contribution in [0.25, 0.3) is 0 Å². The van der Waals surface area contributed by atoms with Crippen LogP contribution >= 0.6 is 22.9 Å². The van der Waals surface area contributed by atoms with E-state index in [2.05, 4.69) is 4.98 Å². The Hall–Kier alpha value is -0.970. The Kier molecular flexibility index (Phi) is 4.00. The van der Waals surface area contributed by atoms with Crippen molar-refractivity contribution in [3.8, 4) is 0 Å². The van der Waals surface area contributed by atoms with Crippen LogP contribution in [0, 0.1) is 19.7 Å². The van der Waals surface area contributed by atoms with Gasteiger partial charge in [0.1, 0.15) is 5.82 Å². The highest BCUT2D eigenvalue weighted by atomic mass is 35.5. The van der Waals surface area contributed by atoms with Gasteiger partial charge in [-0.2, -0.15) is 0 Å². The molecular formula is C13H14ClFN2S. The van der Waals surface area contributed by atoms with Gasteiger partial charge in [0.15, 0.2) is 0 Å². The van der Waals surface area contributed by atoms with Crippen LogP contribution < -0.4 is 5.73 Å². The maximum atomic E-state index is 13.3. The number of rotatable bonds is 3. The second-order valence-corrected chi connectivity index (χ2v) is 5.88. The maximum absolute atomic E-state index is 13.3. The van der Waals surface area contributed by atoms with Crippen molar-refractivity contribution in [1.82, 2.24) is 4.98 Å². The summed E-state index contributed by atoms with van der Waals surface area (Å²) in [4.78, 5) is 5.41. The zero-order chi connectivity index (χ0) is 13.3. The van der Waals surface area contributed by atoms with Gasteiger partial charge in [-0.3, -0.25) is 0 Å². The van der Waals surface area contributed by atoms with Crippen molar-refractivity contribution < 1.29 is 4.39 Å². The van der Waals surface area contributed by atoms with E-state index in [9.17, 15) is 4.39 Å². The first-order chi connectivity index (χ1) is 8.47. The zero-order valence-corrected chi connectivity index (χ0v) is 11.8. The minimum Gasteiger partial charge on any atom is -0.323 e. The van der Waals surface area contributed by atoms with E-state index < -0.39 is 5.82 Å². The molecule has 1 aromatic heterocycles. The number of hydrogen-bond acceptors (Lipinski definition) is 3. The normalized spacial score (nSPS) is 12.7. The molecular weight excluding hydrogens is 271 g/mol. The van der Waals surface area contributed by atoms with Crippen molar-refractivity contribution in [3.63, 3.8) is 0 Å². The first-order valence-electron chi connectivity index (χ1n) is 5.61. The van der Waals surface area contributed by atoms with E-state index in [1.54, 1.807) is 23.5 Å². The van der Waals surface area contributed by atoms with E-state index in [0.717, 1.165) is 21.1 Å². The van der Waals surface area contributed by atoms with Crippen LogP contribution in [0.5, 0.6) is 0 Å². The zero-order valence-electron chi connectivity index (χ0n) is 10.2. The first kappa shape index (κ1) is 13.5. The number of thiazole rings is 1. The van der Waals surface area contributed by atoms with E-state index in [1.165, 1.54) is 6.07 Å². The molecule has 0 saturated heterocycles. The summed E-state index contributed by atoms with van der Waals surface area (Å²) in [5.74, 6) is -0.404. The van der Waals surface area contributed by atoms with Crippen molar-refractivity contribution in [2.24, 2.45) is 5.73 Å². The van der Waals surface area contributed by atoms with Gasteiger partial charge in [0.05, 0.1) is 15.7 Å². The minimum absolute atomic E-state index is 0.136. The Bertz CT molecular complexity index is 568. The van der Waals surface area contributed by atoms with Crippen LogP contribution in [0.2, 0.25) is 5.02 Å². The molecule has 2 nitrogen and oxygen atoms in total. The van der Waals surface area contributed by atoms with Gasteiger partial charge in [-0.05, 0) is 38.0 Å². The third kappa shape index (κ3) is 2.88. The van der Waals surface area contributed by atoms with Crippen molar-refractivity contribution in [1.29, 1.82) is 0 Å². The number of aromatic nitrogens is 1. The highest BCUT2D eigenvalue weighted by Crippen LogP contribution is 2.26. The summed E-state index contributed by atoms with van der Waals surface area (Å²) >= 11 is 7.24. The van der Waals surface area contributed by atoms with Gasteiger partial charge < -0.3 is 5.73 Å². The highest BCUT2D eigenvalue weighted by Gasteiger charge is 2.14. The fraction of sp³-hybridized carbons (Fsp3) is 0.308. The van der Waals surface area contributed by atoms with E-state index in [-0.39, 0.29) is 11.1 Å². The Balaban J connectivity index is 2.18. The Morgan fingerprint density at radius 2 is 2.17 bits per heavy atom. The molecule has 96 valence electrons. The second kappa shape index (κ2) is 5.34. The van der Waals surface area contributed by atoms with Gasteiger partial charge in [0, 0.05) is 10.9 Å². The molecule has 0 bridgehead atoms. The van der Waals surface area contributed by atoms with Crippen molar-refractivity contribution in [2.75, 3.05) is 0 Å². The van der Waals surface area contributed by atoms with Crippen LogP contribution in [0.15, 0.2) is 18.2 Å². The average molecular weight is 285 g/mol. The van der Waals surface area contributed by atoms with E-state index >= 15 is 0 Å². The van der Waals surface area contributed by atoms with Gasteiger partial charge in [-0.1, -0.05) is 17.7 Å². The SMILES string of the molecule is Cc1nc(C)c(C(N)Cc2ccc(Cl)c(F)c2)s1. The van der Waals surface area contributed by atoms with Gasteiger partial charge in [-0.25, -0.2) is 9.37 Å². The fourth-order valence-electron chi connectivity index (χ4n) is 1.90. The Morgan fingerprint density at radius 3 is 2.72 bits per heavy atom. The molecule has 18 heavy (non-hydrogen) atoms. The molecule has 1 aromatic carbocycles. The van der Waals surface area contributed by atoms with Crippen LogP contribution in [-0.2, 0) is 6.42 Å². The lowest BCUT2D eigenvalue weighted by Crippen LogP contribution is -2.13. The van der Waals surface area contributed by atoms with E-state index in [0.29, 0.717) is 6.42 Å². The van der Waals surface area contributed by atoms with Crippen LogP contribution in [0.3, 0.4) is 0 Å². The summed E-state index contributed by atoms with van der Waals surface area (Å²) in [6.45, 7) is 3.90. The lowest BCUT2D eigenvalue weighted by atomic mass is 10.0. The predicted molar refractivity (Wildman–Crippen MR) is 73.6 cm³/mol. The summed E-state index contributed by atoms with van der Waals surface area (Å²) in [7, 11) is 0. The van der Waals surface area contributed by atoms with E-state index in [1.807, 2.05) is 13.8 Å². The lowest BCUT2D eigenvalue weighted by Gasteiger charge is -2.10. The fourth-order valence-corrected chi connectivity index (χ4v) is 2.95. The van der Waals surface area contributed by atoms with Gasteiger partial charge in [0.2, 0.25) is 0 Å². The third-order valence-electron chi connectivity index (χ3n) is 2.72. The minimum atomic E-state index is -0.404. The monoisotopic (exact) mass is 284 g/mol. The molecule has 0 spiro atoms. The molecule has 0 radical (unpaired) electrons. The maximum Gasteiger partial charge on any atom is 0.142 e. The molecule has 5 heteroatoms. The molecule has 2 N–H and O–H groups in total. The molecule has 0 amide bonds. The van der Waals surface area contributed by atoms with Crippen molar-refractivity contribution in [2.45, 2.75) is 26.3 Å². The predicted octanol–water partition coefficient (Wildman–Crippen LogP) is 3.79. The molecule has 1 heterocycles. The van der Waals surface area contributed by atoms with Crippen LogP contribution in [-0.4, -0.2) is 4.98 Å². The molecule has 0 saturated carbocycles. The average Bonchev–Trinajstić information content (AvgIpc) is 2.63. The topological polar surface area (TPSA) is 38.9 Å². The number of aryl methyl sites for hydroxylation is 2.